The third-order valence-corrected chi connectivity index (χ3v) is 4.49. The molecular weight excluding hydrogens is 341 g/mol. The van der Waals surface area contributed by atoms with Crippen molar-refractivity contribution in [2.24, 2.45) is 5.92 Å². The Balaban J connectivity index is 2.51. The monoisotopic (exact) mass is 357 g/mol. The van der Waals surface area contributed by atoms with E-state index in [0.29, 0.717) is 16.6 Å². The van der Waals surface area contributed by atoms with Crippen LogP contribution >= 0.6 is 15.9 Å². The number of aliphatic carboxylic acids is 1. The van der Waals surface area contributed by atoms with Gasteiger partial charge in [-0.2, -0.15) is 0 Å². The first-order valence-electron chi connectivity index (χ1n) is 6.93. The van der Waals surface area contributed by atoms with Crippen LogP contribution in [0.2, 0.25) is 0 Å². The van der Waals surface area contributed by atoms with Gasteiger partial charge >= 0.3 is 5.97 Å². The first kappa shape index (κ1) is 15.9. The molecule has 2 unspecified atom stereocenters. The summed E-state index contributed by atoms with van der Waals surface area (Å²) in [5, 5.41) is 9.46. The molecule has 6 heteroatoms. The second-order valence-electron chi connectivity index (χ2n) is 5.18. The summed E-state index contributed by atoms with van der Waals surface area (Å²) in [4.78, 5) is 25.3. The fourth-order valence-electron chi connectivity index (χ4n) is 2.84. The highest BCUT2D eigenvalue weighted by atomic mass is 79.9. The predicted molar refractivity (Wildman–Crippen MR) is 79.2 cm³/mol. The van der Waals surface area contributed by atoms with Gasteiger partial charge in [0.05, 0.1) is 12.0 Å². The Hall–Kier alpha value is -1.43. The van der Waals surface area contributed by atoms with E-state index in [1.165, 1.54) is 12.1 Å². The number of hydrogen-bond acceptors (Lipinski definition) is 2. The molecule has 1 fully saturated rings. The van der Waals surface area contributed by atoms with Crippen molar-refractivity contribution in [3.63, 3.8) is 0 Å². The number of amides is 1. The summed E-state index contributed by atoms with van der Waals surface area (Å²) in [7, 11) is 0. The highest BCUT2D eigenvalue weighted by Gasteiger charge is 2.41. The number of nitrogens with zero attached hydrogens (tertiary/aromatic N) is 1. The standard InChI is InChI=1S/C15H17BrFNO3/c1-2-7-18-13(19)6-4-10(15(20)21)14(18)11-8-9(17)3-5-12(11)16/h3,5,8,10,14H,2,4,6-7H2,1H3,(H,20,21). The lowest BCUT2D eigenvalue weighted by molar-refractivity contribution is -0.152. The molecule has 1 N–H and O–H groups in total. The van der Waals surface area contributed by atoms with E-state index in [2.05, 4.69) is 15.9 Å². The van der Waals surface area contributed by atoms with E-state index in [9.17, 15) is 19.1 Å². The fourth-order valence-corrected chi connectivity index (χ4v) is 3.32. The lowest BCUT2D eigenvalue weighted by Crippen LogP contribution is -2.45. The molecule has 0 saturated carbocycles. The summed E-state index contributed by atoms with van der Waals surface area (Å²) in [6, 6.07) is 3.53. The Morgan fingerprint density at radius 3 is 2.86 bits per heavy atom. The molecule has 1 aliphatic heterocycles. The highest BCUT2D eigenvalue weighted by molar-refractivity contribution is 9.10. The van der Waals surface area contributed by atoms with Crippen molar-refractivity contribution in [3.05, 3.63) is 34.1 Å². The van der Waals surface area contributed by atoms with Crippen LogP contribution in [0.15, 0.2) is 22.7 Å². The number of hydrogen-bond donors (Lipinski definition) is 1. The number of benzene rings is 1. The lowest BCUT2D eigenvalue weighted by Gasteiger charge is -2.40. The van der Waals surface area contributed by atoms with Crippen molar-refractivity contribution in [3.8, 4) is 0 Å². The van der Waals surface area contributed by atoms with Crippen molar-refractivity contribution < 1.29 is 19.1 Å². The topological polar surface area (TPSA) is 57.6 Å². The Morgan fingerprint density at radius 1 is 1.52 bits per heavy atom. The second-order valence-corrected chi connectivity index (χ2v) is 6.04. The summed E-state index contributed by atoms with van der Waals surface area (Å²) >= 11 is 3.34. The van der Waals surface area contributed by atoms with Gasteiger partial charge < -0.3 is 10.0 Å². The Bertz CT molecular complexity index is 564. The number of likely N-dealkylation sites (tertiary alicyclic amines) is 1. The van der Waals surface area contributed by atoms with Crippen LogP contribution in [0.25, 0.3) is 0 Å². The van der Waals surface area contributed by atoms with Crippen LogP contribution in [-0.4, -0.2) is 28.4 Å². The van der Waals surface area contributed by atoms with Gasteiger partial charge in [0.1, 0.15) is 5.82 Å². The van der Waals surface area contributed by atoms with Gasteiger partial charge in [-0.05, 0) is 36.6 Å². The van der Waals surface area contributed by atoms with Crippen LogP contribution in [0.4, 0.5) is 4.39 Å². The lowest BCUT2D eigenvalue weighted by atomic mass is 9.84. The van der Waals surface area contributed by atoms with Crippen LogP contribution in [0.1, 0.15) is 37.8 Å². The van der Waals surface area contributed by atoms with E-state index in [1.54, 1.807) is 11.0 Å². The molecule has 0 bridgehead atoms. The molecule has 2 atom stereocenters. The van der Waals surface area contributed by atoms with Crippen LogP contribution in [-0.2, 0) is 9.59 Å². The first-order chi connectivity index (χ1) is 9.95. The van der Waals surface area contributed by atoms with Crippen LogP contribution < -0.4 is 0 Å². The maximum Gasteiger partial charge on any atom is 0.308 e. The molecule has 114 valence electrons. The molecule has 1 heterocycles. The van der Waals surface area contributed by atoms with Crippen LogP contribution in [0.5, 0.6) is 0 Å². The smallest absolute Gasteiger partial charge is 0.308 e. The number of rotatable bonds is 4. The molecule has 1 aliphatic rings. The van der Waals surface area contributed by atoms with Gasteiger partial charge in [0, 0.05) is 17.4 Å². The average Bonchev–Trinajstić information content (AvgIpc) is 2.43. The summed E-state index contributed by atoms with van der Waals surface area (Å²) in [5.41, 5.74) is 0.518. The van der Waals surface area contributed by atoms with Gasteiger partial charge in [-0.15, -0.1) is 0 Å². The van der Waals surface area contributed by atoms with Crippen LogP contribution in [0, 0.1) is 11.7 Å². The Labute approximate surface area is 131 Å². The van der Waals surface area contributed by atoms with Gasteiger partial charge in [-0.3, -0.25) is 9.59 Å². The average molecular weight is 358 g/mol. The largest absolute Gasteiger partial charge is 0.481 e. The van der Waals surface area contributed by atoms with E-state index >= 15 is 0 Å². The molecule has 21 heavy (non-hydrogen) atoms. The normalized spacial score (nSPS) is 22.4. The van der Waals surface area contributed by atoms with Gasteiger partial charge in [0.25, 0.3) is 0 Å². The minimum absolute atomic E-state index is 0.0736. The van der Waals surface area contributed by atoms with Crippen LogP contribution in [0.3, 0.4) is 0 Å². The minimum Gasteiger partial charge on any atom is -0.481 e. The van der Waals surface area contributed by atoms with Gasteiger partial charge in [0.15, 0.2) is 0 Å². The zero-order valence-electron chi connectivity index (χ0n) is 11.7. The maximum atomic E-state index is 13.6. The molecular formula is C15H17BrFNO3. The highest BCUT2D eigenvalue weighted by Crippen LogP contribution is 2.40. The van der Waals surface area contributed by atoms with E-state index in [1.807, 2.05) is 6.92 Å². The van der Waals surface area contributed by atoms with Gasteiger partial charge in [0.2, 0.25) is 5.91 Å². The quantitative estimate of drug-likeness (QED) is 0.898. The number of carboxylic acids is 1. The van der Waals surface area contributed by atoms with Gasteiger partial charge in [-0.25, -0.2) is 4.39 Å². The number of piperidine rings is 1. The van der Waals surface area contributed by atoms with Crippen molar-refractivity contribution in [2.45, 2.75) is 32.2 Å². The van der Waals surface area contributed by atoms with Gasteiger partial charge in [-0.1, -0.05) is 22.9 Å². The number of carbonyl (C=O) groups excluding carboxylic acids is 1. The molecule has 1 saturated heterocycles. The SMILES string of the molecule is CCCN1C(=O)CCC(C(=O)O)C1c1cc(F)ccc1Br. The van der Waals surface area contributed by atoms with Crippen molar-refractivity contribution in [1.82, 2.24) is 4.90 Å². The number of halogens is 2. The molecule has 1 aromatic rings. The number of carbonyl (C=O) groups is 2. The number of carboxylic acid groups (broad SMARTS) is 1. The van der Waals surface area contributed by atoms with E-state index in [-0.39, 0.29) is 18.7 Å². The summed E-state index contributed by atoms with van der Waals surface area (Å²) in [6.07, 6.45) is 1.23. The fraction of sp³-hybridized carbons (Fsp3) is 0.467. The Kier molecular flexibility index (Phi) is 4.98. The molecule has 0 spiro atoms. The third-order valence-electron chi connectivity index (χ3n) is 3.76. The van der Waals surface area contributed by atoms with Crippen molar-refractivity contribution >= 4 is 27.8 Å². The molecule has 2 rings (SSSR count). The summed E-state index contributed by atoms with van der Waals surface area (Å²) in [5.74, 6) is -2.18. The molecule has 1 amide bonds. The zero-order valence-corrected chi connectivity index (χ0v) is 13.3. The van der Waals surface area contributed by atoms with Crippen molar-refractivity contribution in [2.75, 3.05) is 6.54 Å². The molecule has 1 aromatic carbocycles. The second kappa shape index (κ2) is 6.56. The third kappa shape index (κ3) is 3.26. The molecule has 4 nitrogen and oxygen atoms in total. The van der Waals surface area contributed by atoms with E-state index in [4.69, 9.17) is 0 Å². The predicted octanol–water partition coefficient (Wildman–Crippen LogP) is 3.36. The maximum absolute atomic E-state index is 13.6. The summed E-state index contributed by atoms with van der Waals surface area (Å²) in [6.45, 7) is 2.39. The molecule has 0 aliphatic carbocycles. The van der Waals surface area contributed by atoms with E-state index < -0.39 is 23.7 Å². The first-order valence-corrected chi connectivity index (χ1v) is 7.72. The van der Waals surface area contributed by atoms with E-state index in [0.717, 1.165) is 6.42 Å². The van der Waals surface area contributed by atoms with Crippen molar-refractivity contribution in [1.29, 1.82) is 0 Å². The summed E-state index contributed by atoms with van der Waals surface area (Å²) < 4.78 is 14.2. The Morgan fingerprint density at radius 2 is 2.24 bits per heavy atom. The molecule has 0 radical (unpaired) electrons. The zero-order chi connectivity index (χ0) is 15.6. The molecule has 0 aromatic heterocycles. The minimum atomic E-state index is -0.954.